The van der Waals surface area contributed by atoms with Crippen molar-refractivity contribution in [2.75, 3.05) is 0 Å². The third-order valence-corrected chi connectivity index (χ3v) is 3.55. The molecule has 17 heavy (non-hydrogen) atoms. The largest absolute Gasteiger partial charge is 0.481 e. The van der Waals surface area contributed by atoms with E-state index in [0.29, 0.717) is 12.8 Å². The highest BCUT2D eigenvalue weighted by Gasteiger charge is 2.37. The van der Waals surface area contributed by atoms with Gasteiger partial charge in [-0.2, -0.15) is 0 Å². The van der Waals surface area contributed by atoms with Gasteiger partial charge in [0.25, 0.3) is 0 Å². The standard InChI is InChI=1S/C13H23NO3/c1-3-4-6-9(2)14-12(15)10-7-5-8-11(10)13(16)17/h9-11H,3-8H2,1-2H3,(H,14,15)(H,16,17). The van der Waals surface area contributed by atoms with Gasteiger partial charge in [0.05, 0.1) is 11.8 Å². The van der Waals surface area contributed by atoms with Crippen LogP contribution in [-0.4, -0.2) is 23.0 Å². The molecule has 0 spiro atoms. The fourth-order valence-corrected chi connectivity index (χ4v) is 2.50. The normalized spacial score (nSPS) is 25.5. The molecule has 1 aliphatic rings. The highest BCUT2D eigenvalue weighted by Crippen LogP contribution is 2.32. The van der Waals surface area contributed by atoms with Gasteiger partial charge in [-0.3, -0.25) is 9.59 Å². The summed E-state index contributed by atoms with van der Waals surface area (Å²) in [6, 6.07) is 0.150. The van der Waals surface area contributed by atoms with Crippen molar-refractivity contribution in [3.63, 3.8) is 0 Å². The van der Waals surface area contributed by atoms with Gasteiger partial charge in [-0.25, -0.2) is 0 Å². The Kier molecular flexibility index (Phi) is 5.45. The molecule has 0 radical (unpaired) electrons. The summed E-state index contributed by atoms with van der Waals surface area (Å²) in [4.78, 5) is 23.0. The second-order valence-corrected chi connectivity index (χ2v) is 5.03. The summed E-state index contributed by atoms with van der Waals surface area (Å²) in [7, 11) is 0. The Balaban J connectivity index is 2.43. The molecule has 0 heterocycles. The zero-order chi connectivity index (χ0) is 12.8. The van der Waals surface area contributed by atoms with Crippen LogP contribution in [0, 0.1) is 11.8 Å². The van der Waals surface area contributed by atoms with Crippen molar-refractivity contribution < 1.29 is 14.7 Å². The zero-order valence-corrected chi connectivity index (χ0v) is 10.7. The van der Waals surface area contributed by atoms with Crippen LogP contribution in [0.25, 0.3) is 0 Å². The van der Waals surface area contributed by atoms with Gasteiger partial charge in [0.15, 0.2) is 0 Å². The van der Waals surface area contributed by atoms with E-state index in [9.17, 15) is 9.59 Å². The van der Waals surface area contributed by atoms with Gasteiger partial charge in [-0.15, -0.1) is 0 Å². The molecule has 0 aromatic rings. The Morgan fingerprint density at radius 3 is 2.59 bits per heavy atom. The molecule has 3 unspecified atom stereocenters. The fourth-order valence-electron chi connectivity index (χ4n) is 2.50. The van der Waals surface area contributed by atoms with E-state index in [2.05, 4.69) is 12.2 Å². The number of carbonyl (C=O) groups is 2. The van der Waals surface area contributed by atoms with E-state index >= 15 is 0 Å². The molecular weight excluding hydrogens is 218 g/mol. The molecule has 3 atom stereocenters. The van der Waals surface area contributed by atoms with Gasteiger partial charge in [-0.05, 0) is 26.2 Å². The lowest BCUT2D eigenvalue weighted by atomic mass is 9.95. The summed E-state index contributed by atoms with van der Waals surface area (Å²) < 4.78 is 0. The molecule has 1 aliphatic carbocycles. The molecule has 1 amide bonds. The van der Waals surface area contributed by atoms with Crippen LogP contribution in [0.3, 0.4) is 0 Å². The van der Waals surface area contributed by atoms with E-state index < -0.39 is 11.9 Å². The van der Waals surface area contributed by atoms with Gasteiger partial charge in [0, 0.05) is 6.04 Å². The second-order valence-electron chi connectivity index (χ2n) is 5.03. The summed E-state index contributed by atoms with van der Waals surface area (Å²) in [5.41, 5.74) is 0. The molecule has 0 aliphatic heterocycles. The number of amides is 1. The number of hydrogen-bond acceptors (Lipinski definition) is 2. The van der Waals surface area contributed by atoms with Crippen LogP contribution in [0.5, 0.6) is 0 Å². The van der Waals surface area contributed by atoms with E-state index in [-0.39, 0.29) is 17.9 Å². The maximum atomic E-state index is 12.0. The quantitative estimate of drug-likeness (QED) is 0.749. The number of carboxylic acids is 1. The number of nitrogens with one attached hydrogen (secondary N) is 1. The van der Waals surface area contributed by atoms with Crippen LogP contribution >= 0.6 is 0 Å². The Morgan fingerprint density at radius 1 is 1.35 bits per heavy atom. The molecule has 2 N–H and O–H groups in total. The first-order valence-electron chi connectivity index (χ1n) is 6.59. The molecule has 4 nitrogen and oxygen atoms in total. The number of carboxylic acid groups (broad SMARTS) is 1. The van der Waals surface area contributed by atoms with Crippen molar-refractivity contribution in [2.45, 2.75) is 58.4 Å². The van der Waals surface area contributed by atoms with Crippen molar-refractivity contribution in [3.8, 4) is 0 Å². The maximum absolute atomic E-state index is 12.0. The highest BCUT2D eigenvalue weighted by atomic mass is 16.4. The summed E-state index contributed by atoms with van der Waals surface area (Å²) in [5, 5.41) is 12.0. The minimum Gasteiger partial charge on any atom is -0.481 e. The summed E-state index contributed by atoms with van der Waals surface area (Å²) in [6.45, 7) is 4.10. The number of carbonyl (C=O) groups excluding carboxylic acids is 1. The predicted molar refractivity (Wildman–Crippen MR) is 65.6 cm³/mol. The molecule has 4 heteroatoms. The smallest absolute Gasteiger partial charge is 0.307 e. The van der Waals surface area contributed by atoms with E-state index in [0.717, 1.165) is 25.7 Å². The zero-order valence-electron chi connectivity index (χ0n) is 10.7. The summed E-state index contributed by atoms with van der Waals surface area (Å²) in [5.74, 6) is -1.70. The topological polar surface area (TPSA) is 66.4 Å². The van der Waals surface area contributed by atoms with Gasteiger partial charge in [0.2, 0.25) is 5.91 Å². The van der Waals surface area contributed by atoms with E-state index in [4.69, 9.17) is 5.11 Å². The first-order valence-corrected chi connectivity index (χ1v) is 6.59. The fraction of sp³-hybridized carbons (Fsp3) is 0.846. The van der Waals surface area contributed by atoms with Crippen molar-refractivity contribution in [1.29, 1.82) is 0 Å². The average molecular weight is 241 g/mol. The number of unbranched alkanes of at least 4 members (excludes halogenated alkanes) is 1. The molecule has 0 bridgehead atoms. The number of aliphatic carboxylic acids is 1. The highest BCUT2D eigenvalue weighted by molar-refractivity contribution is 5.85. The molecule has 1 fully saturated rings. The maximum Gasteiger partial charge on any atom is 0.307 e. The minimum absolute atomic E-state index is 0.0708. The van der Waals surface area contributed by atoms with E-state index in [1.807, 2.05) is 6.92 Å². The Labute approximate surface area is 103 Å². The van der Waals surface area contributed by atoms with Crippen LogP contribution in [-0.2, 0) is 9.59 Å². The second kappa shape index (κ2) is 6.62. The van der Waals surface area contributed by atoms with Gasteiger partial charge >= 0.3 is 5.97 Å². The predicted octanol–water partition coefficient (Wildman–Crippen LogP) is 2.18. The molecule has 98 valence electrons. The number of hydrogen-bond donors (Lipinski definition) is 2. The SMILES string of the molecule is CCCCC(C)NC(=O)C1CCCC1C(=O)O. The van der Waals surface area contributed by atoms with Crippen molar-refractivity contribution in [2.24, 2.45) is 11.8 Å². The molecule has 0 saturated heterocycles. The lowest BCUT2D eigenvalue weighted by molar-refractivity contribution is -0.146. The molecule has 0 aromatic carbocycles. The van der Waals surface area contributed by atoms with Crippen LogP contribution in [0.15, 0.2) is 0 Å². The lowest BCUT2D eigenvalue weighted by Crippen LogP contribution is -2.40. The van der Waals surface area contributed by atoms with Crippen LogP contribution in [0.1, 0.15) is 52.4 Å². The summed E-state index contributed by atoms with van der Waals surface area (Å²) >= 11 is 0. The molecule has 1 rings (SSSR count). The van der Waals surface area contributed by atoms with E-state index in [1.54, 1.807) is 0 Å². The average Bonchev–Trinajstić information content (AvgIpc) is 2.75. The first-order chi connectivity index (χ1) is 8.06. The van der Waals surface area contributed by atoms with Crippen LogP contribution < -0.4 is 5.32 Å². The third kappa shape index (κ3) is 4.02. The van der Waals surface area contributed by atoms with Crippen LogP contribution in [0.4, 0.5) is 0 Å². The Morgan fingerprint density at radius 2 is 2.00 bits per heavy atom. The Bertz CT molecular complexity index is 278. The first kappa shape index (κ1) is 14.0. The van der Waals surface area contributed by atoms with Gasteiger partial charge < -0.3 is 10.4 Å². The molecule has 0 aromatic heterocycles. The van der Waals surface area contributed by atoms with E-state index in [1.165, 1.54) is 0 Å². The van der Waals surface area contributed by atoms with Crippen molar-refractivity contribution >= 4 is 11.9 Å². The monoisotopic (exact) mass is 241 g/mol. The van der Waals surface area contributed by atoms with Gasteiger partial charge in [-0.1, -0.05) is 26.2 Å². The van der Waals surface area contributed by atoms with Crippen LogP contribution in [0.2, 0.25) is 0 Å². The molecular formula is C13H23NO3. The number of rotatable bonds is 6. The van der Waals surface area contributed by atoms with Crippen molar-refractivity contribution in [1.82, 2.24) is 5.32 Å². The van der Waals surface area contributed by atoms with Crippen molar-refractivity contribution in [3.05, 3.63) is 0 Å². The summed E-state index contributed by atoms with van der Waals surface area (Å²) in [6.07, 6.45) is 5.36. The Hall–Kier alpha value is -1.06. The minimum atomic E-state index is -0.830. The lowest BCUT2D eigenvalue weighted by Gasteiger charge is -2.19. The third-order valence-electron chi connectivity index (χ3n) is 3.55. The molecule has 1 saturated carbocycles. The van der Waals surface area contributed by atoms with Gasteiger partial charge in [0.1, 0.15) is 0 Å².